The Balaban J connectivity index is 0. The average Bonchev–Trinajstić information content (AvgIpc) is 2.52. The molecule has 0 amide bonds. The van der Waals surface area contributed by atoms with Crippen LogP contribution in [0.5, 0.6) is 0 Å². The van der Waals surface area contributed by atoms with E-state index in [-0.39, 0.29) is 63.4 Å². The molecule has 124 valence electrons. The Bertz CT molecular complexity index is 592. The van der Waals surface area contributed by atoms with Gasteiger partial charge in [-0.1, -0.05) is 30.3 Å². The van der Waals surface area contributed by atoms with E-state index in [1.54, 1.807) is 0 Å². The molecule has 1 atom stereocenters. The number of aliphatic imine (C=N–C) groups is 1. The van der Waals surface area contributed by atoms with Crippen molar-refractivity contribution < 1.29 is 67.4 Å². The molecule has 25 heavy (non-hydrogen) atoms. The van der Waals surface area contributed by atoms with Crippen LogP contribution in [0.25, 0.3) is 0 Å². The molecule has 0 aliphatic heterocycles. The number of carboxylic acid groups (broad SMARTS) is 2. The van der Waals surface area contributed by atoms with Crippen LogP contribution < -0.4 is 47.9 Å². The van der Waals surface area contributed by atoms with E-state index >= 15 is 0 Å². The number of hydrogen-bond acceptors (Lipinski definition) is 6. The third kappa shape index (κ3) is 10.9. The van der Waals surface area contributed by atoms with E-state index in [2.05, 4.69) is 4.99 Å². The summed E-state index contributed by atoms with van der Waals surface area (Å²) in [5.41, 5.74) is 0.938. The van der Waals surface area contributed by atoms with Crippen LogP contribution in [0.3, 0.4) is 0 Å². The Kier molecular flexibility index (Phi) is 14.2. The SMILES string of the molecule is O=C(O)C(=O)CCC[C@H](N=C([O-])CCc1ccccc1)C(=O)[O-].[Li+].[Li+]. The van der Waals surface area contributed by atoms with E-state index in [0.717, 1.165) is 5.56 Å². The molecule has 0 spiro atoms. The summed E-state index contributed by atoms with van der Waals surface area (Å²) in [5, 5.41) is 31.1. The number of carbonyl (C=O) groups excluding carboxylic acids is 2. The van der Waals surface area contributed by atoms with Gasteiger partial charge in [-0.2, -0.15) is 0 Å². The quantitative estimate of drug-likeness (QED) is 0.196. The molecule has 1 rings (SSSR count). The monoisotopic (exact) mass is 333 g/mol. The fourth-order valence-corrected chi connectivity index (χ4v) is 1.93. The Morgan fingerprint density at radius 3 is 2.16 bits per heavy atom. The van der Waals surface area contributed by atoms with E-state index < -0.39 is 29.7 Å². The summed E-state index contributed by atoms with van der Waals surface area (Å²) in [6, 6.07) is 7.85. The molecule has 1 N–H and O–H groups in total. The third-order valence-corrected chi connectivity index (χ3v) is 3.16. The first-order valence-corrected chi connectivity index (χ1v) is 7.14. The topological polar surface area (TPSA) is 130 Å². The number of Topliss-reactive ketones (excluding diaryl/α,β-unsaturated/α-hetero) is 1. The van der Waals surface area contributed by atoms with Gasteiger partial charge >= 0.3 is 43.7 Å². The van der Waals surface area contributed by atoms with Gasteiger partial charge in [0.05, 0.1) is 12.0 Å². The number of carboxylic acids is 2. The molecule has 0 radical (unpaired) electrons. The van der Waals surface area contributed by atoms with Gasteiger partial charge in [0.25, 0.3) is 0 Å². The van der Waals surface area contributed by atoms with Gasteiger partial charge in [-0.3, -0.25) is 9.79 Å². The molecule has 0 bridgehead atoms. The normalized spacial score (nSPS) is 11.6. The molecule has 1 aromatic rings. The molecule has 0 aliphatic rings. The summed E-state index contributed by atoms with van der Waals surface area (Å²) in [6.07, 6.45) is 0.118. The molecule has 0 unspecified atom stereocenters. The van der Waals surface area contributed by atoms with E-state index in [9.17, 15) is 24.6 Å². The maximum atomic E-state index is 11.7. The van der Waals surface area contributed by atoms with Gasteiger partial charge in [-0.15, -0.1) is 0 Å². The molecular weight excluding hydrogens is 316 g/mol. The Labute approximate surface area is 169 Å². The predicted octanol–water partition coefficient (Wildman–Crippen LogP) is -6.67. The molecule has 7 nitrogen and oxygen atoms in total. The van der Waals surface area contributed by atoms with Gasteiger partial charge in [0.15, 0.2) is 0 Å². The van der Waals surface area contributed by atoms with Crippen molar-refractivity contribution in [2.24, 2.45) is 4.99 Å². The number of aryl methyl sites for hydroxylation is 1. The van der Waals surface area contributed by atoms with Crippen LogP contribution in [0.4, 0.5) is 0 Å². The summed E-state index contributed by atoms with van der Waals surface area (Å²) in [6.45, 7) is 0. The molecule has 1 aromatic carbocycles. The fraction of sp³-hybridized carbons (Fsp3) is 0.375. The van der Waals surface area contributed by atoms with Crippen LogP contribution in [-0.2, 0) is 20.8 Å². The van der Waals surface area contributed by atoms with E-state index in [0.29, 0.717) is 6.42 Å². The summed E-state index contributed by atoms with van der Waals surface area (Å²) >= 11 is 0. The van der Waals surface area contributed by atoms with Gasteiger partial charge in [0.2, 0.25) is 5.78 Å². The van der Waals surface area contributed by atoms with Gasteiger partial charge in [-0.05, 0) is 37.1 Å². The smallest absolute Gasteiger partial charge is 0.862 e. The first kappa shape index (κ1) is 25.7. The van der Waals surface area contributed by atoms with Crippen molar-refractivity contribution in [3.63, 3.8) is 0 Å². The fourth-order valence-electron chi connectivity index (χ4n) is 1.93. The van der Waals surface area contributed by atoms with Crippen LogP contribution in [0.15, 0.2) is 35.3 Å². The van der Waals surface area contributed by atoms with Crippen molar-refractivity contribution in [2.75, 3.05) is 0 Å². The first-order valence-electron chi connectivity index (χ1n) is 7.14. The second-order valence-electron chi connectivity index (χ2n) is 4.96. The number of hydrogen-bond donors (Lipinski definition) is 1. The van der Waals surface area contributed by atoms with Gasteiger partial charge in [0, 0.05) is 6.42 Å². The van der Waals surface area contributed by atoms with E-state index in [1.807, 2.05) is 30.3 Å². The minimum Gasteiger partial charge on any atom is -0.862 e. The Morgan fingerprint density at radius 1 is 1.04 bits per heavy atom. The molecule has 0 aliphatic carbocycles. The molecule has 0 saturated heterocycles. The molecule has 0 heterocycles. The summed E-state index contributed by atoms with van der Waals surface area (Å²) in [7, 11) is 0. The first-order chi connectivity index (χ1) is 10.9. The molecule has 0 aromatic heterocycles. The van der Waals surface area contributed by atoms with Crippen molar-refractivity contribution in [3.8, 4) is 0 Å². The molecule has 9 heteroatoms. The average molecular weight is 333 g/mol. The molecule has 0 saturated carbocycles. The van der Waals surface area contributed by atoms with Crippen LogP contribution in [0.1, 0.15) is 31.2 Å². The zero-order valence-electron chi connectivity index (χ0n) is 14.4. The summed E-state index contributed by atoms with van der Waals surface area (Å²) in [5.74, 6) is -4.64. The van der Waals surface area contributed by atoms with Crippen LogP contribution in [0, 0.1) is 0 Å². The second kappa shape index (κ2) is 13.7. The molecule has 0 fully saturated rings. The zero-order valence-corrected chi connectivity index (χ0v) is 14.4. The van der Waals surface area contributed by atoms with Crippen LogP contribution in [0.2, 0.25) is 0 Å². The standard InChI is InChI=1S/C16H19NO6.2Li/c18-13(16(22)23)8-4-7-12(15(20)21)17-14(19)10-9-11-5-2-1-3-6-11;;/h1-3,5-6,12H,4,7-10H2,(H,17,19)(H,20,21)(H,22,23);;/q;2*+1/p-2/t12-;;/m0../s1. The number of carbonyl (C=O) groups is 3. The van der Waals surface area contributed by atoms with E-state index in [1.165, 1.54) is 0 Å². The van der Waals surface area contributed by atoms with Gasteiger partial charge < -0.3 is 20.1 Å². The number of ketones is 1. The van der Waals surface area contributed by atoms with Crippen molar-refractivity contribution in [2.45, 2.75) is 38.1 Å². The van der Waals surface area contributed by atoms with Crippen molar-refractivity contribution in [3.05, 3.63) is 35.9 Å². The van der Waals surface area contributed by atoms with Crippen LogP contribution >= 0.6 is 0 Å². The van der Waals surface area contributed by atoms with Crippen molar-refractivity contribution in [1.29, 1.82) is 0 Å². The maximum Gasteiger partial charge on any atom is 1.00 e. The summed E-state index contributed by atoms with van der Waals surface area (Å²) < 4.78 is 0. The zero-order chi connectivity index (χ0) is 17.2. The Morgan fingerprint density at radius 2 is 1.64 bits per heavy atom. The number of nitrogens with zero attached hydrogens (tertiary/aromatic N) is 1. The number of aliphatic carboxylic acids is 2. The van der Waals surface area contributed by atoms with E-state index in [4.69, 9.17) is 5.11 Å². The van der Waals surface area contributed by atoms with Crippen molar-refractivity contribution in [1.82, 2.24) is 0 Å². The third-order valence-electron chi connectivity index (χ3n) is 3.16. The minimum atomic E-state index is -1.56. The Hall–Kier alpha value is -1.51. The van der Waals surface area contributed by atoms with Gasteiger partial charge in [0.1, 0.15) is 0 Å². The largest absolute Gasteiger partial charge is 1.00 e. The second-order valence-corrected chi connectivity index (χ2v) is 4.96. The molecular formula is C16H17Li2NO6. The minimum absolute atomic E-state index is 0. The van der Waals surface area contributed by atoms with Crippen molar-refractivity contribution >= 4 is 23.6 Å². The summed E-state index contributed by atoms with van der Waals surface area (Å²) in [4.78, 5) is 35.8. The van der Waals surface area contributed by atoms with Gasteiger partial charge in [-0.25, -0.2) is 4.79 Å². The predicted molar refractivity (Wildman–Crippen MR) is 77.5 cm³/mol. The van der Waals surface area contributed by atoms with Crippen LogP contribution in [-0.4, -0.2) is 34.8 Å². The number of rotatable bonds is 10. The maximum absolute atomic E-state index is 11.7. The number of benzene rings is 1.